The molecule has 1 aliphatic carbocycles. The average molecular weight is 412 g/mol. The van der Waals surface area contributed by atoms with Crippen molar-refractivity contribution in [3.63, 3.8) is 0 Å². The largest absolute Gasteiger partial charge is 0.377 e. The van der Waals surface area contributed by atoms with Gasteiger partial charge in [-0.2, -0.15) is 0 Å². The van der Waals surface area contributed by atoms with E-state index in [2.05, 4.69) is 5.32 Å². The van der Waals surface area contributed by atoms with Crippen LogP contribution in [0, 0.1) is 11.7 Å². The van der Waals surface area contributed by atoms with Gasteiger partial charge < -0.3 is 15.1 Å². The van der Waals surface area contributed by atoms with Crippen LogP contribution in [0.2, 0.25) is 0 Å². The lowest BCUT2D eigenvalue weighted by Gasteiger charge is -2.31. The summed E-state index contributed by atoms with van der Waals surface area (Å²) in [4.78, 5) is 29.2. The van der Waals surface area contributed by atoms with E-state index in [1.54, 1.807) is 17.0 Å². The van der Waals surface area contributed by atoms with E-state index < -0.39 is 5.82 Å². The van der Waals surface area contributed by atoms with Gasteiger partial charge in [0, 0.05) is 49.5 Å². The lowest BCUT2D eigenvalue weighted by Crippen LogP contribution is -2.38. The molecule has 0 saturated heterocycles. The highest BCUT2D eigenvalue weighted by atomic mass is 19.1. The van der Waals surface area contributed by atoms with E-state index in [1.807, 2.05) is 51.0 Å². The lowest BCUT2D eigenvalue weighted by atomic mass is 10.1. The van der Waals surface area contributed by atoms with Crippen LogP contribution in [0.1, 0.15) is 49.0 Å². The molecule has 0 radical (unpaired) electrons. The Bertz CT molecular complexity index is 924. The second kappa shape index (κ2) is 9.28. The second-order valence-electron chi connectivity index (χ2n) is 8.20. The summed E-state index contributed by atoms with van der Waals surface area (Å²) in [5.41, 5.74) is 2.97. The molecule has 0 spiro atoms. The number of rotatable bonds is 8. The van der Waals surface area contributed by atoms with Crippen molar-refractivity contribution in [2.24, 2.45) is 5.92 Å². The molecular weight excluding hydrogens is 381 g/mol. The molecule has 3 rings (SSSR count). The highest BCUT2D eigenvalue weighted by Gasteiger charge is 2.30. The van der Waals surface area contributed by atoms with Crippen molar-refractivity contribution in [3.05, 3.63) is 59.4 Å². The van der Waals surface area contributed by atoms with Crippen LogP contribution < -0.4 is 10.2 Å². The van der Waals surface area contributed by atoms with Crippen LogP contribution >= 0.6 is 0 Å². The van der Waals surface area contributed by atoms with Crippen LogP contribution in [0.4, 0.5) is 15.8 Å². The Morgan fingerprint density at radius 3 is 2.50 bits per heavy atom. The summed E-state index contributed by atoms with van der Waals surface area (Å²) < 4.78 is 13.7. The van der Waals surface area contributed by atoms with Gasteiger partial charge in [0.1, 0.15) is 5.82 Å². The number of nitrogens with one attached hydrogen (secondary N) is 1. The zero-order chi connectivity index (χ0) is 21.8. The Hall–Kier alpha value is -2.89. The molecule has 0 unspecified atom stereocenters. The third-order valence-electron chi connectivity index (χ3n) is 5.57. The predicted molar refractivity (Wildman–Crippen MR) is 118 cm³/mol. The van der Waals surface area contributed by atoms with Crippen molar-refractivity contribution in [1.82, 2.24) is 4.90 Å². The molecule has 160 valence electrons. The van der Waals surface area contributed by atoms with E-state index in [1.165, 1.54) is 12.1 Å². The Labute approximate surface area is 177 Å². The van der Waals surface area contributed by atoms with E-state index in [0.29, 0.717) is 12.1 Å². The third-order valence-corrected chi connectivity index (χ3v) is 5.57. The van der Waals surface area contributed by atoms with Crippen LogP contribution in [0.3, 0.4) is 0 Å². The monoisotopic (exact) mass is 411 g/mol. The highest BCUT2D eigenvalue weighted by Crippen LogP contribution is 2.31. The Kier molecular flexibility index (Phi) is 6.75. The Balaban J connectivity index is 1.91. The summed E-state index contributed by atoms with van der Waals surface area (Å²) in [6.07, 6.45) is 2.66. The summed E-state index contributed by atoms with van der Waals surface area (Å²) in [6.45, 7) is 4.38. The Morgan fingerprint density at radius 1 is 1.17 bits per heavy atom. The summed E-state index contributed by atoms with van der Waals surface area (Å²) in [5.74, 6) is -0.467. The summed E-state index contributed by atoms with van der Waals surface area (Å²) in [6, 6.07) is 11.6. The zero-order valence-electron chi connectivity index (χ0n) is 18.1. The van der Waals surface area contributed by atoms with Gasteiger partial charge >= 0.3 is 0 Å². The maximum atomic E-state index is 13.7. The van der Waals surface area contributed by atoms with Crippen LogP contribution in [0.25, 0.3) is 0 Å². The molecule has 2 aromatic carbocycles. The van der Waals surface area contributed by atoms with Crippen LogP contribution in [0.15, 0.2) is 42.5 Å². The molecule has 1 atom stereocenters. The van der Waals surface area contributed by atoms with Gasteiger partial charge in [-0.15, -0.1) is 0 Å². The number of nitrogens with zero attached hydrogens (tertiary/aromatic N) is 2. The fourth-order valence-corrected chi connectivity index (χ4v) is 3.44. The van der Waals surface area contributed by atoms with Crippen molar-refractivity contribution < 1.29 is 14.0 Å². The zero-order valence-corrected chi connectivity index (χ0v) is 18.1. The minimum absolute atomic E-state index is 0.0273. The summed E-state index contributed by atoms with van der Waals surface area (Å²) >= 11 is 0. The quantitative estimate of drug-likeness (QED) is 0.686. The highest BCUT2D eigenvalue weighted by molar-refractivity contribution is 5.95. The van der Waals surface area contributed by atoms with Crippen LogP contribution in [-0.2, 0) is 11.3 Å². The first-order valence-electron chi connectivity index (χ1n) is 10.5. The number of carbonyl (C=O) groups is 2. The maximum Gasteiger partial charge on any atom is 0.254 e. The van der Waals surface area contributed by atoms with Gasteiger partial charge in [0.2, 0.25) is 5.91 Å². The minimum Gasteiger partial charge on any atom is -0.377 e. The molecule has 1 N–H and O–H groups in total. The van der Waals surface area contributed by atoms with Gasteiger partial charge in [-0.05, 0) is 68.1 Å². The van der Waals surface area contributed by atoms with Crippen LogP contribution in [0.5, 0.6) is 0 Å². The van der Waals surface area contributed by atoms with Crippen molar-refractivity contribution in [2.75, 3.05) is 24.3 Å². The van der Waals surface area contributed by atoms with Gasteiger partial charge in [0.25, 0.3) is 5.91 Å². The first-order chi connectivity index (χ1) is 14.3. The van der Waals surface area contributed by atoms with Gasteiger partial charge in [-0.25, -0.2) is 4.39 Å². The number of amides is 2. The molecular formula is C24H30FN3O2. The standard InChI is InChI=1S/C24H30FN3O2/c1-5-16(2)28(24(30)18-7-6-8-20(25)13-18)15-19-14-21(11-12-22(19)27(3)4)26-23(29)17-9-10-17/h6-8,11-14,16-17H,5,9-10,15H2,1-4H3,(H,26,29)/t16-/m1/s1. The van der Waals surface area contributed by atoms with Gasteiger partial charge in [0.05, 0.1) is 0 Å². The third kappa shape index (κ3) is 5.17. The SMILES string of the molecule is CC[C@@H](C)N(Cc1cc(NC(=O)C2CC2)ccc1N(C)C)C(=O)c1cccc(F)c1. The van der Waals surface area contributed by atoms with Gasteiger partial charge in [-0.1, -0.05) is 13.0 Å². The average Bonchev–Trinajstić information content (AvgIpc) is 3.56. The predicted octanol–water partition coefficient (Wildman–Crippen LogP) is 4.68. The van der Waals surface area contributed by atoms with E-state index >= 15 is 0 Å². The van der Waals surface area contributed by atoms with E-state index in [0.717, 1.165) is 36.2 Å². The normalized spacial score (nSPS) is 14.2. The van der Waals surface area contributed by atoms with Gasteiger partial charge in [-0.3, -0.25) is 9.59 Å². The molecule has 2 amide bonds. The summed E-state index contributed by atoms with van der Waals surface area (Å²) in [5, 5.41) is 2.98. The summed E-state index contributed by atoms with van der Waals surface area (Å²) in [7, 11) is 3.90. The lowest BCUT2D eigenvalue weighted by molar-refractivity contribution is -0.117. The molecule has 0 heterocycles. The molecule has 0 aromatic heterocycles. The number of benzene rings is 2. The molecule has 2 aromatic rings. The smallest absolute Gasteiger partial charge is 0.254 e. The first kappa shape index (κ1) is 21.8. The second-order valence-corrected chi connectivity index (χ2v) is 8.20. The van der Waals surface area contributed by atoms with E-state index in [4.69, 9.17) is 0 Å². The van der Waals surface area contributed by atoms with Crippen molar-refractivity contribution in [1.29, 1.82) is 0 Å². The van der Waals surface area contributed by atoms with E-state index in [9.17, 15) is 14.0 Å². The number of halogens is 1. The first-order valence-corrected chi connectivity index (χ1v) is 10.5. The van der Waals surface area contributed by atoms with Crippen molar-refractivity contribution >= 4 is 23.2 Å². The molecule has 0 bridgehead atoms. The fraction of sp³-hybridized carbons (Fsp3) is 0.417. The minimum atomic E-state index is -0.427. The van der Waals surface area contributed by atoms with E-state index in [-0.39, 0.29) is 23.8 Å². The number of hydrogen-bond donors (Lipinski definition) is 1. The number of anilines is 2. The molecule has 0 aliphatic heterocycles. The fourth-order valence-electron chi connectivity index (χ4n) is 3.44. The molecule has 1 aliphatic rings. The molecule has 5 nitrogen and oxygen atoms in total. The maximum absolute atomic E-state index is 13.7. The van der Waals surface area contributed by atoms with Crippen molar-refractivity contribution in [2.45, 2.75) is 45.7 Å². The van der Waals surface area contributed by atoms with Gasteiger partial charge in [0.15, 0.2) is 0 Å². The molecule has 1 saturated carbocycles. The molecule has 1 fully saturated rings. The molecule has 6 heteroatoms. The number of hydrogen-bond acceptors (Lipinski definition) is 3. The Morgan fingerprint density at radius 2 is 1.90 bits per heavy atom. The van der Waals surface area contributed by atoms with Crippen molar-refractivity contribution in [3.8, 4) is 0 Å². The number of carbonyl (C=O) groups excluding carboxylic acids is 2. The topological polar surface area (TPSA) is 52.7 Å². The van der Waals surface area contributed by atoms with Crippen LogP contribution in [-0.4, -0.2) is 36.9 Å². The molecule has 30 heavy (non-hydrogen) atoms.